The van der Waals surface area contributed by atoms with E-state index in [1.807, 2.05) is 25.2 Å². The summed E-state index contributed by atoms with van der Waals surface area (Å²) in [5, 5.41) is 0. The summed E-state index contributed by atoms with van der Waals surface area (Å²) in [7, 11) is 0. The van der Waals surface area contributed by atoms with Crippen molar-refractivity contribution in [3.05, 3.63) is 58.3 Å². The number of allylic oxidation sites excluding steroid dienone is 8. The molecule has 0 atom stereocenters. The summed E-state index contributed by atoms with van der Waals surface area (Å²) < 4.78 is 4.62. The van der Waals surface area contributed by atoms with Crippen molar-refractivity contribution in [2.24, 2.45) is 0 Å². The maximum atomic E-state index is 4.03. The standard InChI is InChI=1S/C13H15I/c1-3-4-5-7-12(2)10-13-8-6-9-14-11-13/h3-9,11H,2,10H2,1H3/b4-3-,7-5-. The minimum atomic E-state index is 0.173. The van der Waals surface area contributed by atoms with Crippen LogP contribution in [0.4, 0.5) is 0 Å². The van der Waals surface area contributed by atoms with Crippen LogP contribution in [0.1, 0.15) is 13.3 Å². The number of hydrogen-bond donors (Lipinski definition) is 0. The summed E-state index contributed by atoms with van der Waals surface area (Å²) in [6, 6.07) is 0. The Kier molecular flexibility index (Phi) is 5.45. The molecule has 0 aromatic carbocycles. The van der Waals surface area contributed by atoms with Crippen LogP contribution in [0.15, 0.2) is 58.3 Å². The van der Waals surface area contributed by atoms with Gasteiger partial charge in [0.05, 0.1) is 0 Å². The number of rotatable bonds is 4. The van der Waals surface area contributed by atoms with Gasteiger partial charge in [0.2, 0.25) is 0 Å². The Bertz CT molecular complexity index is 338. The van der Waals surface area contributed by atoms with Gasteiger partial charge in [-0.15, -0.1) is 0 Å². The van der Waals surface area contributed by atoms with Gasteiger partial charge in [-0.05, 0) is 27.0 Å². The summed E-state index contributed by atoms with van der Waals surface area (Å²) in [5.41, 5.74) is 2.58. The van der Waals surface area contributed by atoms with Gasteiger partial charge in [-0.25, -0.2) is 0 Å². The van der Waals surface area contributed by atoms with Crippen molar-refractivity contribution >= 4 is 24.7 Å². The van der Waals surface area contributed by atoms with Crippen LogP contribution in [0, 0.1) is 0 Å². The van der Waals surface area contributed by atoms with Gasteiger partial charge < -0.3 is 0 Å². The van der Waals surface area contributed by atoms with Gasteiger partial charge in [0.1, 0.15) is 0 Å². The smallest absolute Gasteiger partial charge is 0.00273 e. The SMILES string of the molecule is C=C(/C=C\C=C/C)CC1=CC=CI=C1. The molecule has 1 heterocycles. The van der Waals surface area contributed by atoms with Crippen LogP contribution < -0.4 is 0 Å². The molecule has 0 radical (unpaired) electrons. The largest absolute Gasteiger partial charge is 0.0955 e. The predicted octanol–water partition coefficient (Wildman–Crippen LogP) is 4.29. The van der Waals surface area contributed by atoms with Gasteiger partial charge in [0, 0.05) is 0 Å². The highest BCUT2D eigenvalue weighted by Gasteiger charge is 1.95. The second kappa shape index (κ2) is 6.71. The normalized spacial score (nSPS) is 15.9. The molecule has 0 spiro atoms. The molecular weight excluding hydrogens is 283 g/mol. The van der Waals surface area contributed by atoms with E-state index in [1.54, 1.807) is 0 Å². The van der Waals surface area contributed by atoms with E-state index in [2.05, 4.69) is 32.9 Å². The molecule has 0 aliphatic carbocycles. The third-order valence-electron chi connectivity index (χ3n) is 1.73. The third kappa shape index (κ3) is 4.51. The van der Waals surface area contributed by atoms with Crippen LogP contribution in [-0.2, 0) is 0 Å². The van der Waals surface area contributed by atoms with Crippen molar-refractivity contribution < 1.29 is 0 Å². The predicted molar refractivity (Wildman–Crippen MR) is 75.0 cm³/mol. The van der Waals surface area contributed by atoms with E-state index in [1.165, 1.54) is 11.1 Å². The first kappa shape index (κ1) is 11.4. The molecule has 0 saturated carbocycles. The zero-order chi connectivity index (χ0) is 10.2. The van der Waals surface area contributed by atoms with Crippen molar-refractivity contribution in [1.29, 1.82) is 0 Å². The van der Waals surface area contributed by atoms with Crippen molar-refractivity contribution in [3.8, 4) is 0 Å². The lowest BCUT2D eigenvalue weighted by molar-refractivity contribution is 1.26. The molecule has 14 heavy (non-hydrogen) atoms. The van der Waals surface area contributed by atoms with E-state index in [9.17, 15) is 0 Å². The molecule has 0 unspecified atom stereocenters. The monoisotopic (exact) mass is 298 g/mol. The maximum Gasteiger partial charge on any atom is -0.00273 e. The molecule has 0 aromatic rings. The van der Waals surface area contributed by atoms with Gasteiger partial charge in [-0.3, -0.25) is 0 Å². The minimum Gasteiger partial charge on any atom is -0.0955 e. The molecule has 1 heteroatoms. The molecule has 1 aliphatic heterocycles. The fraction of sp³-hybridized carbons (Fsp3) is 0.154. The van der Waals surface area contributed by atoms with Gasteiger partial charge >= 0.3 is 0 Å². The molecule has 0 fully saturated rings. The molecular formula is C13H15I. The average Bonchev–Trinajstić information content (AvgIpc) is 2.20. The Hall–Kier alpha value is -0.700. The van der Waals surface area contributed by atoms with E-state index in [0.717, 1.165) is 6.42 Å². The molecule has 74 valence electrons. The molecule has 0 aromatic heterocycles. The van der Waals surface area contributed by atoms with Crippen molar-refractivity contribution in [1.82, 2.24) is 0 Å². The van der Waals surface area contributed by atoms with Gasteiger partial charge in [-0.1, -0.05) is 69.3 Å². The lowest BCUT2D eigenvalue weighted by Crippen LogP contribution is -1.86. The second-order valence-electron chi connectivity index (χ2n) is 3.02. The Balaban J connectivity index is 2.45. The summed E-state index contributed by atoms with van der Waals surface area (Å²) in [5.74, 6) is 0. The number of hydrogen-bond acceptors (Lipinski definition) is 0. The maximum absolute atomic E-state index is 4.03. The molecule has 0 N–H and O–H groups in total. The number of halogens is 1. The van der Waals surface area contributed by atoms with Crippen LogP contribution in [0.2, 0.25) is 0 Å². The van der Waals surface area contributed by atoms with Crippen LogP contribution in [-0.4, -0.2) is 4.01 Å². The van der Waals surface area contributed by atoms with E-state index in [4.69, 9.17) is 0 Å². The van der Waals surface area contributed by atoms with E-state index in [0.29, 0.717) is 0 Å². The summed E-state index contributed by atoms with van der Waals surface area (Å²) in [4.78, 5) is 0. The van der Waals surface area contributed by atoms with Crippen LogP contribution >= 0.6 is 20.7 Å². The Morgan fingerprint density at radius 1 is 1.50 bits per heavy atom. The van der Waals surface area contributed by atoms with E-state index >= 15 is 0 Å². The average molecular weight is 298 g/mol. The topological polar surface area (TPSA) is 0 Å². The first-order chi connectivity index (χ1) is 6.83. The summed E-state index contributed by atoms with van der Waals surface area (Å²) in [6.07, 6.45) is 13.5. The fourth-order valence-electron chi connectivity index (χ4n) is 1.08. The Morgan fingerprint density at radius 3 is 3.00 bits per heavy atom. The molecule has 0 saturated heterocycles. The Morgan fingerprint density at radius 2 is 2.36 bits per heavy atom. The summed E-state index contributed by atoms with van der Waals surface area (Å²) >= 11 is 0.173. The zero-order valence-electron chi connectivity index (χ0n) is 8.41. The highest BCUT2D eigenvalue weighted by Crippen LogP contribution is 2.16. The molecule has 1 rings (SSSR count). The van der Waals surface area contributed by atoms with Crippen LogP contribution in [0.25, 0.3) is 0 Å². The molecule has 0 amide bonds. The fourth-order valence-corrected chi connectivity index (χ4v) is 2.62. The van der Waals surface area contributed by atoms with Gasteiger partial charge in [0.25, 0.3) is 0 Å². The highest BCUT2D eigenvalue weighted by atomic mass is 127. The van der Waals surface area contributed by atoms with Crippen LogP contribution in [0.5, 0.6) is 0 Å². The lowest BCUT2D eigenvalue weighted by atomic mass is 10.1. The second-order valence-corrected chi connectivity index (χ2v) is 5.08. The van der Waals surface area contributed by atoms with Crippen molar-refractivity contribution in [3.63, 3.8) is 0 Å². The zero-order valence-corrected chi connectivity index (χ0v) is 10.6. The third-order valence-corrected chi connectivity index (χ3v) is 3.72. The van der Waals surface area contributed by atoms with Crippen LogP contribution in [0.3, 0.4) is 0 Å². The van der Waals surface area contributed by atoms with Crippen molar-refractivity contribution in [2.45, 2.75) is 13.3 Å². The van der Waals surface area contributed by atoms with Crippen molar-refractivity contribution in [2.75, 3.05) is 0 Å². The Labute approximate surface area is 96.2 Å². The highest BCUT2D eigenvalue weighted by molar-refractivity contribution is 14.2. The molecule has 1 aliphatic rings. The summed E-state index contributed by atoms with van der Waals surface area (Å²) in [6.45, 7) is 6.04. The first-order valence-electron chi connectivity index (χ1n) is 4.61. The first-order valence-corrected chi connectivity index (χ1v) is 7.10. The van der Waals surface area contributed by atoms with E-state index in [-0.39, 0.29) is 20.7 Å². The lowest BCUT2D eigenvalue weighted by Gasteiger charge is -2.02. The van der Waals surface area contributed by atoms with Gasteiger partial charge in [-0.2, -0.15) is 0 Å². The quantitative estimate of drug-likeness (QED) is 0.536. The molecule has 0 bridgehead atoms. The van der Waals surface area contributed by atoms with E-state index < -0.39 is 0 Å². The molecule has 0 nitrogen and oxygen atoms in total. The minimum absolute atomic E-state index is 0.173. The van der Waals surface area contributed by atoms with Gasteiger partial charge in [0.15, 0.2) is 0 Å².